The smallest absolute Gasteiger partial charge is 0.138 e. The third-order valence-electron chi connectivity index (χ3n) is 3.93. The first kappa shape index (κ1) is 21.9. The van der Waals surface area contributed by atoms with E-state index in [9.17, 15) is 0 Å². The maximum atomic E-state index is 5.90. The third kappa shape index (κ3) is 5.21. The van der Waals surface area contributed by atoms with E-state index in [-0.39, 0.29) is 42.8 Å². The molecule has 0 radical (unpaired) electrons. The summed E-state index contributed by atoms with van der Waals surface area (Å²) in [5.41, 5.74) is 3.31. The second kappa shape index (κ2) is 9.28. The van der Waals surface area contributed by atoms with Crippen molar-refractivity contribution in [2.24, 2.45) is 0 Å². The average Bonchev–Trinajstić information content (AvgIpc) is 3.28. The molecule has 128 valence electrons. The topological polar surface area (TPSA) is 47.0 Å². The lowest BCUT2D eigenvalue weighted by Crippen LogP contribution is -2.33. The molecule has 1 fully saturated rings. The standard InChI is InChI=1S/C16H19N3O.3ClH/c1-12-15(13-4-3-7-18-9-13)8-14(10-19-12)20-11-16(17-2)5-6-16;;;/h3-4,7-10,17H,5-6,11H2,1-2H3;3*1H. The molecule has 0 unspecified atom stereocenters. The van der Waals surface area contributed by atoms with Gasteiger partial charge >= 0.3 is 0 Å². The van der Waals surface area contributed by atoms with Crippen molar-refractivity contribution in [3.63, 3.8) is 0 Å². The molecule has 0 bridgehead atoms. The van der Waals surface area contributed by atoms with E-state index in [0.29, 0.717) is 6.61 Å². The molecule has 1 saturated carbocycles. The maximum absolute atomic E-state index is 5.90. The third-order valence-corrected chi connectivity index (χ3v) is 3.93. The van der Waals surface area contributed by atoms with Crippen molar-refractivity contribution in [1.29, 1.82) is 0 Å². The molecular formula is C16H22Cl3N3O. The maximum Gasteiger partial charge on any atom is 0.138 e. The van der Waals surface area contributed by atoms with Gasteiger partial charge in [-0.1, -0.05) is 6.07 Å². The van der Waals surface area contributed by atoms with Crippen LogP contribution in [0.5, 0.6) is 5.75 Å². The van der Waals surface area contributed by atoms with Crippen LogP contribution in [0.3, 0.4) is 0 Å². The van der Waals surface area contributed by atoms with Gasteiger partial charge in [-0.15, -0.1) is 37.2 Å². The second-order valence-corrected chi connectivity index (χ2v) is 5.36. The molecule has 7 heteroatoms. The van der Waals surface area contributed by atoms with Gasteiger partial charge in [0.05, 0.1) is 11.7 Å². The van der Waals surface area contributed by atoms with Crippen LogP contribution in [-0.2, 0) is 0 Å². The number of aryl methyl sites for hydroxylation is 1. The fourth-order valence-electron chi connectivity index (χ4n) is 2.25. The zero-order valence-electron chi connectivity index (χ0n) is 13.1. The molecule has 0 aromatic carbocycles. The van der Waals surface area contributed by atoms with Crippen LogP contribution in [0.4, 0.5) is 0 Å². The van der Waals surface area contributed by atoms with E-state index in [0.717, 1.165) is 22.6 Å². The molecule has 3 rings (SSSR count). The zero-order valence-corrected chi connectivity index (χ0v) is 15.6. The van der Waals surface area contributed by atoms with Crippen molar-refractivity contribution < 1.29 is 4.74 Å². The molecule has 0 amide bonds. The highest BCUT2D eigenvalue weighted by Gasteiger charge is 2.41. The Bertz CT molecular complexity index is 607. The largest absolute Gasteiger partial charge is 0.490 e. The summed E-state index contributed by atoms with van der Waals surface area (Å²) in [7, 11) is 1.99. The number of nitrogens with one attached hydrogen (secondary N) is 1. The molecule has 23 heavy (non-hydrogen) atoms. The number of pyridine rings is 2. The molecular weight excluding hydrogens is 357 g/mol. The molecule has 0 saturated heterocycles. The summed E-state index contributed by atoms with van der Waals surface area (Å²) in [4.78, 5) is 8.59. The second-order valence-electron chi connectivity index (χ2n) is 5.36. The minimum absolute atomic E-state index is 0. The number of halogens is 3. The summed E-state index contributed by atoms with van der Waals surface area (Å²) in [5, 5.41) is 3.32. The van der Waals surface area contributed by atoms with Gasteiger partial charge in [0, 0.05) is 29.2 Å². The quantitative estimate of drug-likeness (QED) is 0.858. The fraction of sp³-hybridized carbons (Fsp3) is 0.375. The van der Waals surface area contributed by atoms with Crippen LogP contribution in [0.2, 0.25) is 0 Å². The lowest BCUT2D eigenvalue weighted by Gasteiger charge is -2.16. The van der Waals surface area contributed by atoms with Crippen LogP contribution >= 0.6 is 37.2 Å². The molecule has 0 spiro atoms. The van der Waals surface area contributed by atoms with Gasteiger partial charge in [0.2, 0.25) is 0 Å². The summed E-state index contributed by atoms with van der Waals surface area (Å²) in [6, 6.07) is 6.02. The van der Waals surface area contributed by atoms with Crippen LogP contribution in [-0.4, -0.2) is 29.2 Å². The fourth-order valence-corrected chi connectivity index (χ4v) is 2.25. The van der Waals surface area contributed by atoms with E-state index in [1.54, 1.807) is 12.4 Å². The number of ether oxygens (including phenoxy) is 1. The van der Waals surface area contributed by atoms with Crippen LogP contribution in [0.25, 0.3) is 11.1 Å². The van der Waals surface area contributed by atoms with Crippen molar-refractivity contribution in [1.82, 2.24) is 15.3 Å². The van der Waals surface area contributed by atoms with Crippen molar-refractivity contribution in [3.05, 3.63) is 42.5 Å². The van der Waals surface area contributed by atoms with E-state index in [4.69, 9.17) is 4.74 Å². The molecule has 1 aliphatic carbocycles. The highest BCUT2D eigenvalue weighted by molar-refractivity contribution is 5.86. The molecule has 2 heterocycles. The van der Waals surface area contributed by atoms with Crippen molar-refractivity contribution in [3.8, 4) is 16.9 Å². The first-order chi connectivity index (χ1) is 9.72. The number of hydrogen-bond donors (Lipinski definition) is 1. The van der Waals surface area contributed by atoms with Gasteiger partial charge in [-0.3, -0.25) is 9.97 Å². The number of hydrogen-bond acceptors (Lipinski definition) is 4. The summed E-state index contributed by atoms with van der Waals surface area (Å²) in [6.07, 6.45) is 7.78. The normalized spacial score (nSPS) is 13.8. The van der Waals surface area contributed by atoms with Gasteiger partial charge in [-0.2, -0.15) is 0 Å². The molecule has 1 aliphatic rings. The highest BCUT2D eigenvalue weighted by Crippen LogP contribution is 2.35. The Hall–Kier alpha value is -1.07. The Kier molecular flexibility index (Phi) is 8.85. The molecule has 2 aromatic heterocycles. The zero-order chi connectivity index (χ0) is 14.0. The molecule has 2 aromatic rings. The minimum atomic E-state index is 0. The lowest BCUT2D eigenvalue weighted by atomic mass is 10.1. The number of likely N-dealkylation sites (N-methyl/N-ethyl adjacent to an activating group) is 1. The Morgan fingerprint density at radius 3 is 2.52 bits per heavy atom. The van der Waals surface area contributed by atoms with Gasteiger partial charge in [-0.05, 0) is 38.9 Å². The number of rotatable bonds is 5. The molecule has 0 atom stereocenters. The molecule has 4 nitrogen and oxygen atoms in total. The van der Waals surface area contributed by atoms with Crippen LogP contribution in [0.1, 0.15) is 18.5 Å². The first-order valence-corrected chi connectivity index (χ1v) is 6.91. The monoisotopic (exact) mass is 377 g/mol. The predicted octanol–water partition coefficient (Wildman–Crippen LogP) is 3.85. The van der Waals surface area contributed by atoms with Crippen LogP contribution in [0.15, 0.2) is 36.8 Å². The predicted molar refractivity (Wildman–Crippen MR) is 100 cm³/mol. The van der Waals surface area contributed by atoms with Crippen molar-refractivity contribution in [2.45, 2.75) is 25.3 Å². The van der Waals surface area contributed by atoms with Crippen molar-refractivity contribution in [2.75, 3.05) is 13.7 Å². The Morgan fingerprint density at radius 2 is 1.96 bits per heavy atom. The van der Waals surface area contributed by atoms with E-state index >= 15 is 0 Å². The minimum Gasteiger partial charge on any atom is -0.490 e. The van der Waals surface area contributed by atoms with Crippen LogP contribution < -0.4 is 10.1 Å². The Labute approximate surface area is 155 Å². The van der Waals surface area contributed by atoms with Gasteiger partial charge in [0.1, 0.15) is 12.4 Å². The van der Waals surface area contributed by atoms with Gasteiger partial charge in [0.15, 0.2) is 0 Å². The molecule has 1 N–H and O–H groups in total. The summed E-state index contributed by atoms with van der Waals surface area (Å²) in [5.74, 6) is 0.816. The Balaban J connectivity index is 0.00000161. The van der Waals surface area contributed by atoms with Crippen LogP contribution in [0, 0.1) is 6.92 Å². The summed E-state index contributed by atoms with van der Waals surface area (Å²) in [6.45, 7) is 2.70. The van der Waals surface area contributed by atoms with E-state index in [1.807, 2.05) is 38.4 Å². The summed E-state index contributed by atoms with van der Waals surface area (Å²) < 4.78 is 5.90. The first-order valence-electron chi connectivity index (χ1n) is 6.91. The summed E-state index contributed by atoms with van der Waals surface area (Å²) >= 11 is 0. The van der Waals surface area contributed by atoms with Gasteiger partial charge in [-0.25, -0.2) is 0 Å². The number of nitrogens with zero attached hydrogens (tertiary/aromatic N) is 2. The SMILES string of the molecule is CNC1(COc2cnc(C)c(-c3cccnc3)c2)CC1.Cl.Cl.Cl. The van der Waals surface area contributed by atoms with Crippen molar-refractivity contribution >= 4 is 37.2 Å². The van der Waals surface area contributed by atoms with E-state index < -0.39 is 0 Å². The molecule has 0 aliphatic heterocycles. The van der Waals surface area contributed by atoms with E-state index in [2.05, 4.69) is 15.3 Å². The highest BCUT2D eigenvalue weighted by atomic mass is 35.5. The lowest BCUT2D eigenvalue weighted by molar-refractivity contribution is 0.259. The number of aromatic nitrogens is 2. The van der Waals surface area contributed by atoms with Gasteiger partial charge < -0.3 is 10.1 Å². The Morgan fingerprint density at radius 1 is 1.22 bits per heavy atom. The average molecular weight is 379 g/mol. The van der Waals surface area contributed by atoms with E-state index in [1.165, 1.54) is 12.8 Å². The van der Waals surface area contributed by atoms with Gasteiger partial charge in [0.25, 0.3) is 0 Å².